The second-order valence-corrected chi connectivity index (χ2v) is 5.00. The summed E-state index contributed by atoms with van der Waals surface area (Å²) in [7, 11) is 0. The van der Waals surface area contributed by atoms with E-state index in [0.29, 0.717) is 6.42 Å². The summed E-state index contributed by atoms with van der Waals surface area (Å²) in [5, 5.41) is 2.78. The van der Waals surface area contributed by atoms with Gasteiger partial charge in [0.2, 0.25) is 0 Å². The molecule has 3 heteroatoms. The van der Waals surface area contributed by atoms with Crippen LogP contribution in [0.4, 0.5) is 4.79 Å². The number of amides is 1. The van der Waals surface area contributed by atoms with Crippen molar-refractivity contribution in [2.75, 3.05) is 0 Å². The average molecular weight is 199 g/mol. The van der Waals surface area contributed by atoms with Crippen LogP contribution in [0.15, 0.2) is 12.7 Å². The fourth-order valence-corrected chi connectivity index (χ4v) is 0.992. The van der Waals surface area contributed by atoms with E-state index in [-0.39, 0.29) is 11.6 Å². The van der Waals surface area contributed by atoms with Crippen LogP contribution in [0.1, 0.15) is 41.0 Å². The van der Waals surface area contributed by atoms with Crippen molar-refractivity contribution < 1.29 is 9.53 Å². The molecule has 0 saturated carbocycles. The number of alkyl carbamates (subject to hydrolysis) is 1. The van der Waals surface area contributed by atoms with Crippen molar-refractivity contribution in [3.05, 3.63) is 12.7 Å². The van der Waals surface area contributed by atoms with E-state index >= 15 is 0 Å². The molecule has 0 aromatic carbocycles. The molecule has 0 bridgehead atoms. The molecule has 0 atom stereocenters. The highest BCUT2D eigenvalue weighted by Gasteiger charge is 2.23. The van der Waals surface area contributed by atoms with Crippen LogP contribution in [0.3, 0.4) is 0 Å². The fraction of sp³-hybridized carbons (Fsp3) is 0.727. The fourth-order valence-electron chi connectivity index (χ4n) is 0.992. The zero-order chi connectivity index (χ0) is 11.4. The van der Waals surface area contributed by atoms with Gasteiger partial charge in [0, 0.05) is 5.54 Å². The Morgan fingerprint density at radius 1 is 1.36 bits per heavy atom. The lowest BCUT2D eigenvalue weighted by Gasteiger charge is -2.27. The lowest BCUT2D eigenvalue weighted by molar-refractivity contribution is 0.0473. The Labute approximate surface area is 86.5 Å². The van der Waals surface area contributed by atoms with Crippen molar-refractivity contribution in [3.63, 3.8) is 0 Å². The van der Waals surface area contributed by atoms with Gasteiger partial charge in [-0.2, -0.15) is 0 Å². The van der Waals surface area contributed by atoms with E-state index < -0.39 is 5.60 Å². The second kappa shape index (κ2) is 4.49. The molecule has 3 nitrogen and oxygen atoms in total. The Morgan fingerprint density at radius 3 is 2.21 bits per heavy atom. The molecule has 0 aliphatic heterocycles. The molecule has 0 radical (unpaired) electrons. The van der Waals surface area contributed by atoms with Crippen LogP contribution < -0.4 is 5.32 Å². The van der Waals surface area contributed by atoms with E-state index in [9.17, 15) is 4.79 Å². The van der Waals surface area contributed by atoms with Gasteiger partial charge in [0.25, 0.3) is 0 Å². The zero-order valence-corrected chi connectivity index (χ0v) is 9.81. The van der Waals surface area contributed by atoms with E-state index in [1.165, 1.54) is 0 Å². The number of nitrogens with one attached hydrogen (secondary N) is 1. The van der Waals surface area contributed by atoms with Crippen molar-refractivity contribution in [2.24, 2.45) is 0 Å². The predicted octanol–water partition coefficient (Wildman–Crippen LogP) is 2.87. The number of hydrogen-bond donors (Lipinski definition) is 1. The maximum absolute atomic E-state index is 11.4. The predicted molar refractivity (Wildman–Crippen MR) is 58.3 cm³/mol. The van der Waals surface area contributed by atoms with Crippen molar-refractivity contribution >= 4 is 6.09 Å². The minimum Gasteiger partial charge on any atom is -0.444 e. The average Bonchev–Trinajstić information content (AvgIpc) is 1.78. The molecule has 0 aromatic rings. The first kappa shape index (κ1) is 13.0. The van der Waals surface area contributed by atoms with Crippen molar-refractivity contribution in [3.8, 4) is 0 Å². The van der Waals surface area contributed by atoms with Crippen LogP contribution in [0.2, 0.25) is 0 Å². The van der Waals surface area contributed by atoms with Crippen LogP contribution in [-0.4, -0.2) is 17.2 Å². The molecule has 0 unspecified atom stereocenters. The monoisotopic (exact) mass is 199 g/mol. The first-order valence-electron chi connectivity index (χ1n) is 4.78. The van der Waals surface area contributed by atoms with Gasteiger partial charge in [0.05, 0.1) is 0 Å². The SMILES string of the molecule is C=CCC(C)(C)NC(=O)OC(C)(C)C. The lowest BCUT2D eigenvalue weighted by Crippen LogP contribution is -2.45. The quantitative estimate of drug-likeness (QED) is 0.710. The summed E-state index contributed by atoms with van der Waals surface area (Å²) >= 11 is 0. The Balaban J connectivity index is 4.12. The Bertz CT molecular complexity index is 214. The summed E-state index contributed by atoms with van der Waals surface area (Å²) < 4.78 is 5.14. The molecule has 0 spiro atoms. The Morgan fingerprint density at radius 2 is 1.86 bits per heavy atom. The van der Waals surface area contributed by atoms with E-state index in [4.69, 9.17) is 4.74 Å². The van der Waals surface area contributed by atoms with Gasteiger partial charge in [-0.05, 0) is 41.0 Å². The molecule has 0 heterocycles. The van der Waals surface area contributed by atoms with Gasteiger partial charge in [0.15, 0.2) is 0 Å². The molecule has 0 rings (SSSR count). The highest BCUT2D eigenvalue weighted by molar-refractivity contribution is 5.68. The molecule has 1 N–H and O–H groups in total. The van der Waals surface area contributed by atoms with Gasteiger partial charge < -0.3 is 10.1 Å². The molecule has 0 aromatic heterocycles. The molecule has 14 heavy (non-hydrogen) atoms. The van der Waals surface area contributed by atoms with Crippen molar-refractivity contribution in [2.45, 2.75) is 52.2 Å². The largest absolute Gasteiger partial charge is 0.444 e. The molecule has 0 aliphatic rings. The third-order valence-electron chi connectivity index (χ3n) is 1.49. The third kappa shape index (κ3) is 6.52. The zero-order valence-electron chi connectivity index (χ0n) is 9.81. The molecule has 82 valence electrons. The summed E-state index contributed by atoms with van der Waals surface area (Å²) in [5.41, 5.74) is -0.752. The molecule has 0 fully saturated rings. The van der Waals surface area contributed by atoms with Gasteiger partial charge in [-0.15, -0.1) is 6.58 Å². The van der Waals surface area contributed by atoms with Crippen molar-refractivity contribution in [1.82, 2.24) is 5.32 Å². The molecule has 0 saturated heterocycles. The van der Waals surface area contributed by atoms with Crippen LogP contribution in [0.5, 0.6) is 0 Å². The van der Waals surface area contributed by atoms with E-state index in [1.54, 1.807) is 6.08 Å². The summed E-state index contributed by atoms with van der Waals surface area (Å²) in [6.45, 7) is 13.0. The highest BCUT2D eigenvalue weighted by atomic mass is 16.6. The standard InChI is InChI=1S/C11H21NO2/c1-7-8-11(5,6)12-9(13)14-10(2,3)4/h7H,1,8H2,2-6H3,(H,12,13). The van der Waals surface area contributed by atoms with Gasteiger partial charge in [-0.1, -0.05) is 6.08 Å². The maximum atomic E-state index is 11.4. The van der Waals surface area contributed by atoms with Gasteiger partial charge >= 0.3 is 6.09 Å². The Kier molecular flexibility index (Phi) is 4.17. The topological polar surface area (TPSA) is 38.3 Å². The van der Waals surface area contributed by atoms with Gasteiger partial charge in [0.1, 0.15) is 5.60 Å². The minimum absolute atomic E-state index is 0.302. The van der Waals surface area contributed by atoms with E-state index in [0.717, 1.165) is 0 Å². The summed E-state index contributed by atoms with van der Waals surface area (Å²) in [6.07, 6.45) is 2.10. The van der Waals surface area contributed by atoms with Crippen molar-refractivity contribution in [1.29, 1.82) is 0 Å². The van der Waals surface area contributed by atoms with E-state index in [1.807, 2.05) is 34.6 Å². The van der Waals surface area contributed by atoms with Crippen LogP contribution in [0.25, 0.3) is 0 Å². The Hall–Kier alpha value is -0.990. The lowest BCUT2D eigenvalue weighted by atomic mass is 10.0. The third-order valence-corrected chi connectivity index (χ3v) is 1.49. The smallest absolute Gasteiger partial charge is 0.408 e. The molecular weight excluding hydrogens is 178 g/mol. The summed E-state index contributed by atoms with van der Waals surface area (Å²) in [4.78, 5) is 11.4. The number of ether oxygens (including phenoxy) is 1. The number of rotatable bonds is 3. The second-order valence-electron chi connectivity index (χ2n) is 5.00. The minimum atomic E-state index is -0.450. The van der Waals surface area contributed by atoms with Crippen LogP contribution in [0, 0.1) is 0 Å². The molecule has 0 aliphatic carbocycles. The molecular formula is C11H21NO2. The van der Waals surface area contributed by atoms with Crippen LogP contribution in [-0.2, 0) is 4.74 Å². The highest BCUT2D eigenvalue weighted by Crippen LogP contribution is 2.12. The first-order valence-corrected chi connectivity index (χ1v) is 4.78. The van der Waals surface area contributed by atoms with Crippen LogP contribution >= 0.6 is 0 Å². The number of carbonyl (C=O) groups is 1. The van der Waals surface area contributed by atoms with Gasteiger partial charge in [-0.25, -0.2) is 4.79 Å². The normalized spacial score (nSPS) is 12.1. The van der Waals surface area contributed by atoms with E-state index in [2.05, 4.69) is 11.9 Å². The number of hydrogen-bond acceptors (Lipinski definition) is 2. The van der Waals surface area contributed by atoms with Gasteiger partial charge in [-0.3, -0.25) is 0 Å². The summed E-state index contributed by atoms with van der Waals surface area (Å²) in [6, 6.07) is 0. The first-order chi connectivity index (χ1) is 6.16. The number of carbonyl (C=O) groups excluding carboxylic acids is 1. The molecule has 1 amide bonds. The summed E-state index contributed by atoms with van der Waals surface area (Å²) in [5.74, 6) is 0. The maximum Gasteiger partial charge on any atom is 0.408 e.